The molecule has 1 saturated heterocycles. The molecule has 2 aromatic rings. The number of halogens is 3. The van der Waals surface area contributed by atoms with Crippen molar-refractivity contribution in [3.63, 3.8) is 0 Å². The molecule has 5 aliphatic rings. The van der Waals surface area contributed by atoms with Crippen LogP contribution in [-0.4, -0.2) is 103 Å². The number of Topliss-reactive ketones (excluding diaryl/α,β-unsaturated/α-hetero) is 1. The number of hydrogen-bond acceptors (Lipinski definition) is 12. The van der Waals surface area contributed by atoms with Gasteiger partial charge in [0.1, 0.15) is 11.9 Å². The molecule has 0 radical (unpaired) electrons. The average Bonchev–Trinajstić information content (AvgIpc) is 4.09. The number of sulfonamides is 1. The lowest BCUT2D eigenvalue weighted by Crippen LogP contribution is -2.50. The summed E-state index contributed by atoms with van der Waals surface area (Å²) in [5.41, 5.74) is -3.41. The molecule has 0 spiro atoms. The SMILES string of the molecule is CC[C@@H]1O[C@H](C)CC/C=C\[C@@H]2C[C@@]2(C(=O)NS(=O)(=O)C2(C)CC2)CC(=O)[C@@H]2C[C@@H](Oc3nc4c(c5cc(OC)ccc35)CCCO4)CN2C(=O)[C@H]1CC(=O)OC(C)(C)C(F)(F)F. The van der Waals surface area contributed by atoms with E-state index in [9.17, 15) is 36.0 Å². The van der Waals surface area contributed by atoms with E-state index >= 15 is 4.79 Å². The number of benzene rings is 1. The van der Waals surface area contributed by atoms with Crippen molar-refractivity contribution in [1.82, 2.24) is 14.6 Å². The third kappa shape index (κ3) is 9.00. The van der Waals surface area contributed by atoms with E-state index in [2.05, 4.69) is 4.72 Å². The molecule has 3 aliphatic heterocycles. The van der Waals surface area contributed by atoms with Crippen molar-refractivity contribution in [2.75, 3.05) is 20.3 Å². The normalized spacial score (nSPS) is 29.5. The Morgan fingerprint density at radius 3 is 2.55 bits per heavy atom. The molecule has 0 bridgehead atoms. The van der Waals surface area contributed by atoms with Crippen LogP contribution >= 0.6 is 0 Å². The number of carbonyl (C=O) groups is 4. The van der Waals surface area contributed by atoms with Gasteiger partial charge in [-0.2, -0.15) is 18.2 Å². The number of methoxy groups -OCH3 is 1. The van der Waals surface area contributed by atoms with Crippen molar-refractivity contribution in [1.29, 1.82) is 0 Å². The Morgan fingerprint density at radius 1 is 1.13 bits per heavy atom. The van der Waals surface area contributed by atoms with Gasteiger partial charge in [0.25, 0.3) is 0 Å². The molecule has 1 aromatic heterocycles. The molecule has 3 fully saturated rings. The van der Waals surface area contributed by atoms with Crippen LogP contribution in [0, 0.1) is 17.3 Å². The second-order valence-electron chi connectivity index (χ2n) is 18.2. The van der Waals surface area contributed by atoms with E-state index in [-0.39, 0.29) is 31.7 Å². The Hall–Kier alpha value is -4.45. The van der Waals surface area contributed by atoms with Gasteiger partial charge in [0, 0.05) is 23.8 Å². The molecule has 7 rings (SSSR count). The summed E-state index contributed by atoms with van der Waals surface area (Å²) in [4.78, 5) is 63.3. The van der Waals surface area contributed by atoms with Crippen LogP contribution in [-0.2, 0) is 45.1 Å². The minimum atomic E-state index is -4.90. The Morgan fingerprint density at radius 2 is 1.87 bits per heavy atom. The van der Waals surface area contributed by atoms with Crippen molar-refractivity contribution in [2.45, 2.75) is 146 Å². The molecule has 340 valence electrons. The summed E-state index contributed by atoms with van der Waals surface area (Å²) in [6.07, 6.45) is -1.31. The van der Waals surface area contributed by atoms with Gasteiger partial charge in [-0.25, -0.2) is 8.42 Å². The van der Waals surface area contributed by atoms with Crippen LogP contribution in [0.15, 0.2) is 30.4 Å². The quantitative estimate of drug-likeness (QED) is 0.208. The van der Waals surface area contributed by atoms with E-state index in [1.165, 1.54) is 4.90 Å². The molecule has 2 aliphatic carbocycles. The number of pyridine rings is 1. The van der Waals surface area contributed by atoms with Crippen molar-refractivity contribution >= 4 is 44.4 Å². The predicted octanol–water partition coefficient (Wildman–Crippen LogP) is 6.30. The second kappa shape index (κ2) is 16.9. The van der Waals surface area contributed by atoms with E-state index in [1.54, 1.807) is 40.0 Å². The maximum atomic E-state index is 15.1. The summed E-state index contributed by atoms with van der Waals surface area (Å²) >= 11 is 0. The number of amides is 2. The molecule has 1 aromatic carbocycles. The number of nitrogens with one attached hydrogen (secondary N) is 1. The first-order valence-corrected chi connectivity index (χ1v) is 22.9. The zero-order valence-electron chi connectivity index (χ0n) is 36.0. The highest BCUT2D eigenvalue weighted by atomic mass is 32.2. The summed E-state index contributed by atoms with van der Waals surface area (Å²) in [5, 5.41) is 1.42. The number of esters is 1. The molecule has 0 unspecified atom stereocenters. The van der Waals surface area contributed by atoms with Gasteiger partial charge in [-0.3, -0.25) is 23.9 Å². The highest BCUT2D eigenvalue weighted by molar-refractivity contribution is 7.91. The van der Waals surface area contributed by atoms with E-state index in [4.69, 9.17) is 28.7 Å². The lowest BCUT2D eigenvalue weighted by Gasteiger charge is -2.34. The molecule has 62 heavy (non-hydrogen) atoms. The fourth-order valence-corrected chi connectivity index (χ4v) is 10.2. The summed E-state index contributed by atoms with van der Waals surface area (Å²) in [5.74, 6) is -4.06. The summed E-state index contributed by atoms with van der Waals surface area (Å²) in [6, 6.07) is 4.16. The topological polar surface area (TPSA) is 177 Å². The first-order valence-electron chi connectivity index (χ1n) is 21.4. The van der Waals surface area contributed by atoms with E-state index in [1.807, 2.05) is 18.2 Å². The van der Waals surface area contributed by atoms with Crippen LogP contribution in [0.25, 0.3) is 10.8 Å². The van der Waals surface area contributed by atoms with Crippen LogP contribution < -0.4 is 18.9 Å². The fraction of sp³-hybridized carbons (Fsp3) is 0.659. The van der Waals surface area contributed by atoms with Crippen LogP contribution in [0.3, 0.4) is 0 Å². The molecule has 4 heterocycles. The van der Waals surface area contributed by atoms with Crippen LogP contribution in [0.1, 0.15) is 104 Å². The van der Waals surface area contributed by atoms with Gasteiger partial charge in [0.05, 0.1) is 61.0 Å². The number of fused-ring (bicyclic) bond motifs is 5. The Bertz CT molecular complexity index is 2240. The lowest BCUT2D eigenvalue weighted by molar-refractivity contribution is -0.258. The summed E-state index contributed by atoms with van der Waals surface area (Å²) < 4.78 is 98.7. The fourth-order valence-electron chi connectivity index (χ4n) is 8.82. The molecular formula is C44H56F3N3O11S. The number of hydrogen-bond donors (Lipinski definition) is 1. The zero-order valence-corrected chi connectivity index (χ0v) is 36.8. The van der Waals surface area contributed by atoms with Gasteiger partial charge in [0.15, 0.2) is 5.78 Å². The zero-order chi connectivity index (χ0) is 45.0. The molecular weight excluding hydrogens is 836 g/mol. The number of aromatic nitrogens is 1. The standard InChI is InChI=1S/C44H56F3N3O11S/c1-7-35-32(21-36(52)61-41(3,4)44(45,46)47)39(53)50-24-28(60-38-30-15-14-27(57-6)19-31(30)29-13-10-18-58-37(29)48-38)20-33(50)34(51)23-43(22-26(43)12-9-8-11-25(2)59-35)40(54)49-62(55,56)42(5)16-17-42/h9,12,14-15,19,25-26,28,32-33,35H,7-8,10-11,13,16-18,20-24H2,1-6H3,(H,49,54)/b12-9-/t25-,26-,28-,32+,33+,35+,43-/m1/s1. The van der Waals surface area contributed by atoms with Crippen molar-refractivity contribution < 1.29 is 64.5 Å². The first kappa shape index (κ1) is 45.6. The minimum absolute atomic E-state index is 0.0806. The van der Waals surface area contributed by atoms with Crippen molar-refractivity contribution in [2.24, 2.45) is 17.3 Å². The van der Waals surface area contributed by atoms with E-state index in [0.717, 1.165) is 31.2 Å². The molecule has 14 nitrogen and oxygen atoms in total. The number of alkyl halides is 3. The molecule has 7 atom stereocenters. The Labute approximate surface area is 359 Å². The second-order valence-corrected chi connectivity index (χ2v) is 20.4. The van der Waals surface area contributed by atoms with Crippen LogP contribution in [0.2, 0.25) is 0 Å². The number of allylic oxidation sites excluding steroid dienone is 2. The van der Waals surface area contributed by atoms with Crippen molar-refractivity contribution in [3.05, 3.63) is 35.9 Å². The maximum Gasteiger partial charge on any atom is 0.427 e. The molecule has 2 amide bonds. The van der Waals surface area contributed by atoms with Gasteiger partial charge >= 0.3 is 12.1 Å². The lowest BCUT2D eigenvalue weighted by atomic mass is 9.90. The summed E-state index contributed by atoms with van der Waals surface area (Å²) in [6.45, 7) is 6.74. The van der Waals surface area contributed by atoms with Crippen LogP contribution in [0.4, 0.5) is 13.2 Å². The number of nitrogens with zero attached hydrogens (tertiary/aromatic N) is 2. The largest absolute Gasteiger partial charge is 0.497 e. The highest BCUT2D eigenvalue weighted by Crippen LogP contribution is 2.58. The number of ketones is 1. The number of ether oxygens (including phenoxy) is 5. The van der Waals surface area contributed by atoms with E-state index < -0.39 is 105 Å². The maximum absolute atomic E-state index is 15.1. The number of rotatable bonds is 10. The van der Waals surface area contributed by atoms with Gasteiger partial charge in [0.2, 0.25) is 39.2 Å². The van der Waals surface area contributed by atoms with Gasteiger partial charge in [-0.15, -0.1) is 0 Å². The molecule has 2 saturated carbocycles. The van der Waals surface area contributed by atoms with Crippen LogP contribution in [0.5, 0.6) is 17.5 Å². The van der Waals surface area contributed by atoms with E-state index in [0.29, 0.717) is 55.7 Å². The monoisotopic (exact) mass is 891 g/mol. The van der Waals surface area contributed by atoms with Crippen molar-refractivity contribution in [3.8, 4) is 17.5 Å². The van der Waals surface area contributed by atoms with Gasteiger partial charge < -0.3 is 28.6 Å². The number of aryl methyl sites for hydroxylation is 1. The number of carbonyl (C=O) groups excluding carboxylic acids is 4. The summed E-state index contributed by atoms with van der Waals surface area (Å²) in [7, 11) is -2.51. The third-order valence-electron chi connectivity index (χ3n) is 13.3. The third-order valence-corrected chi connectivity index (χ3v) is 15.4. The van der Waals surface area contributed by atoms with Gasteiger partial charge in [-0.1, -0.05) is 19.1 Å². The predicted molar refractivity (Wildman–Crippen MR) is 219 cm³/mol. The average molecular weight is 892 g/mol. The Kier molecular flexibility index (Phi) is 12.4. The molecule has 1 N–H and O–H groups in total. The highest BCUT2D eigenvalue weighted by Gasteiger charge is 2.63. The first-order chi connectivity index (χ1) is 29.1. The Balaban J connectivity index is 1.26. The smallest absolute Gasteiger partial charge is 0.427 e. The minimum Gasteiger partial charge on any atom is -0.497 e. The van der Waals surface area contributed by atoms with Gasteiger partial charge in [-0.05, 0) is 109 Å². The molecule has 18 heteroatoms.